The predicted molar refractivity (Wildman–Crippen MR) is 112 cm³/mol. The lowest BCUT2D eigenvalue weighted by Gasteiger charge is -2.35. The number of guanidine groups is 1. The van der Waals surface area contributed by atoms with Crippen molar-refractivity contribution in [3.63, 3.8) is 0 Å². The maximum atomic E-state index is 12.7. The maximum absolute atomic E-state index is 12.7. The summed E-state index contributed by atoms with van der Waals surface area (Å²) in [6, 6.07) is 7.75. The number of hydrogen-bond donors (Lipinski definition) is 2. The molecule has 7 nitrogen and oxygen atoms in total. The Labute approximate surface area is 168 Å². The minimum atomic E-state index is 0.0632. The third kappa shape index (κ3) is 7.13. The lowest BCUT2D eigenvalue weighted by molar-refractivity contribution is -0.0586. The van der Waals surface area contributed by atoms with E-state index in [1.807, 2.05) is 49.9 Å². The molecule has 1 saturated heterocycles. The van der Waals surface area contributed by atoms with Crippen molar-refractivity contribution < 1.29 is 14.3 Å². The number of nitrogens with zero attached hydrogens (tertiary/aromatic N) is 2. The zero-order chi connectivity index (χ0) is 20.4. The van der Waals surface area contributed by atoms with Crippen LogP contribution in [-0.2, 0) is 16.0 Å². The van der Waals surface area contributed by atoms with E-state index in [4.69, 9.17) is 9.47 Å². The molecule has 2 rings (SSSR count). The molecule has 1 aliphatic rings. The van der Waals surface area contributed by atoms with Gasteiger partial charge < -0.3 is 25.0 Å². The molecule has 0 radical (unpaired) electrons. The van der Waals surface area contributed by atoms with Gasteiger partial charge in [0.1, 0.15) is 0 Å². The number of carbonyl (C=O) groups excluding carboxylic acids is 1. The van der Waals surface area contributed by atoms with Crippen LogP contribution in [-0.4, -0.2) is 68.9 Å². The Morgan fingerprint density at radius 3 is 2.50 bits per heavy atom. The molecule has 1 heterocycles. The first-order chi connectivity index (χ1) is 13.5. The summed E-state index contributed by atoms with van der Waals surface area (Å²) in [5.74, 6) is 0.821. The predicted octanol–water partition coefficient (Wildman–Crippen LogP) is 2.03. The molecule has 2 atom stereocenters. The molecule has 1 amide bonds. The normalized spacial score (nSPS) is 20.1. The van der Waals surface area contributed by atoms with Gasteiger partial charge in [0.15, 0.2) is 5.96 Å². The number of rotatable bonds is 8. The fourth-order valence-electron chi connectivity index (χ4n) is 3.22. The Morgan fingerprint density at radius 2 is 1.89 bits per heavy atom. The monoisotopic (exact) mass is 390 g/mol. The summed E-state index contributed by atoms with van der Waals surface area (Å²) in [5.41, 5.74) is 1.81. The van der Waals surface area contributed by atoms with Crippen molar-refractivity contribution in [1.82, 2.24) is 15.5 Å². The number of carbonyl (C=O) groups is 1. The fraction of sp³-hybridized carbons (Fsp3) is 0.619. The zero-order valence-electron chi connectivity index (χ0n) is 17.5. The first-order valence-corrected chi connectivity index (χ1v) is 10.1. The van der Waals surface area contributed by atoms with E-state index in [1.54, 1.807) is 7.05 Å². The van der Waals surface area contributed by atoms with Crippen LogP contribution in [0.2, 0.25) is 0 Å². The van der Waals surface area contributed by atoms with Gasteiger partial charge in [-0.3, -0.25) is 9.79 Å². The lowest BCUT2D eigenvalue weighted by Crippen LogP contribution is -2.48. The van der Waals surface area contributed by atoms with Gasteiger partial charge >= 0.3 is 0 Å². The van der Waals surface area contributed by atoms with E-state index >= 15 is 0 Å². The number of aliphatic imine (C=N–C) groups is 1. The van der Waals surface area contributed by atoms with Crippen molar-refractivity contribution in [2.75, 3.05) is 39.9 Å². The van der Waals surface area contributed by atoms with Crippen LogP contribution in [0.1, 0.15) is 43.1 Å². The molecule has 0 bridgehead atoms. The number of amides is 1. The van der Waals surface area contributed by atoms with Crippen LogP contribution in [0.25, 0.3) is 0 Å². The lowest BCUT2D eigenvalue weighted by atomic mass is 10.1. The second-order valence-electron chi connectivity index (χ2n) is 7.07. The highest BCUT2D eigenvalue weighted by Gasteiger charge is 2.26. The highest BCUT2D eigenvalue weighted by molar-refractivity contribution is 5.94. The summed E-state index contributed by atoms with van der Waals surface area (Å²) in [6.07, 6.45) is 1.08. The van der Waals surface area contributed by atoms with E-state index < -0.39 is 0 Å². The summed E-state index contributed by atoms with van der Waals surface area (Å²) >= 11 is 0. The zero-order valence-corrected chi connectivity index (χ0v) is 17.5. The Bertz CT molecular complexity index is 623. The summed E-state index contributed by atoms with van der Waals surface area (Å²) < 4.78 is 11.0. The molecule has 0 saturated carbocycles. The van der Waals surface area contributed by atoms with Gasteiger partial charge in [-0.05, 0) is 44.9 Å². The van der Waals surface area contributed by atoms with Crippen LogP contribution < -0.4 is 10.6 Å². The largest absolute Gasteiger partial charge is 0.382 e. The molecule has 2 unspecified atom stereocenters. The quantitative estimate of drug-likeness (QED) is 0.404. The molecule has 1 aliphatic heterocycles. The third-order valence-corrected chi connectivity index (χ3v) is 4.55. The topological polar surface area (TPSA) is 75.2 Å². The molecule has 2 N–H and O–H groups in total. The van der Waals surface area contributed by atoms with Gasteiger partial charge in [0.25, 0.3) is 5.91 Å². The first-order valence-electron chi connectivity index (χ1n) is 10.1. The Kier molecular flexibility index (Phi) is 9.23. The molecule has 7 heteroatoms. The van der Waals surface area contributed by atoms with Crippen LogP contribution in [0.3, 0.4) is 0 Å². The first kappa shape index (κ1) is 22.2. The standard InChI is InChI=1S/C21H34N4O3/c1-5-27-12-6-11-23-21(22-4)24-13-18-7-9-19(10-8-18)20(26)25-14-16(2)28-17(3)15-25/h7-10,16-17H,5-6,11-15H2,1-4H3,(H2,22,23,24). The fourth-order valence-corrected chi connectivity index (χ4v) is 3.22. The summed E-state index contributed by atoms with van der Waals surface area (Å²) in [7, 11) is 1.75. The van der Waals surface area contributed by atoms with E-state index in [0.717, 1.165) is 37.7 Å². The summed E-state index contributed by atoms with van der Waals surface area (Å²) in [5, 5.41) is 6.55. The van der Waals surface area contributed by atoms with Crippen molar-refractivity contribution >= 4 is 11.9 Å². The van der Waals surface area contributed by atoms with Crippen LogP contribution >= 0.6 is 0 Å². The molecule has 0 aromatic heterocycles. The van der Waals surface area contributed by atoms with Crippen LogP contribution in [0, 0.1) is 0 Å². The average molecular weight is 391 g/mol. The Morgan fingerprint density at radius 1 is 1.21 bits per heavy atom. The molecule has 1 aromatic rings. The second kappa shape index (κ2) is 11.7. The number of nitrogens with one attached hydrogen (secondary N) is 2. The second-order valence-corrected chi connectivity index (χ2v) is 7.07. The highest BCUT2D eigenvalue weighted by atomic mass is 16.5. The van der Waals surface area contributed by atoms with Crippen molar-refractivity contribution in [1.29, 1.82) is 0 Å². The summed E-state index contributed by atoms with van der Waals surface area (Å²) in [4.78, 5) is 18.8. The smallest absolute Gasteiger partial charge is 0.254 e. The Hall–Kier alpha value is -2.12. The van der Waals surface area contributed by atoms with Gasteiger partial charge in [0.05, 0.1) is 12.2 Å². The maximum Gasteiger partial charge on any atom is 0.254 e. The highest BCUT2D eigenvalue weighted by Crippen LogP contribution is 2.15. The third-order valence-electron chi connectivity index (χ3n) is 4.55. The van der Waals surface area contributed by atoms with Gasteiger partial charge in [-0.15, -0.1) is 0 Å². The number of hydrogen-bond acceptors (Lipinski definition) is 4. The number of ether oxygens (including phenoxy) is 2. The average Bonchev–Trinajstić information content (AvgIpc) is 2.69. The van der Waals surface area contributed by atoms with Gasteiger partial charge in [-0.25, -0.2) is 0 Å². The van der Waals surface area contributed by atoms with Crippen molar-refractivity contribution in [3.8, 4) is 0 Å². The van der Waals surface area contributed by atoms with Crippen molar-refractivity contribution in [2.24, 2.45) is 4.99 Å². The summed E-state index contributed by atoms with van der Waals surface area (Å²) in [6.45, 7) is 10.2. The molecule has 28 heavy (non-hydrogen) atoms. The van der Waals surface area contributed by atoms with E-state index in [1.165, 1.54) is 0 Å². The van der Waals surface area contributed by atoms with Gasteiger partial charge in [-0.1, -0.05) is 12.1 Å². The SMILES string of the molecule is CCOCCCNC(=NC)NCc1ccc(C(=O)N2CC(C)OC(C)C2)cc1. The van der Waals surface area contributed by atoms with Gasteiger partial charge in [-0.2, -0.15) is 0 Å². The molecule has 1 fully saturated rings. The van der Waals surface area contributed by atoms with Gasteiger partial charge in [0, 0.05) is 52.0 Å². The van der Waals surface area contributed by atoms with Crippen LogP contribution in [0.4, 0.5) is 0 Å². The number of benzene rings is 1. The molecule has 1 aromatic carbocycles. The molecule has 0 spiro atoms. The van der Waals surface area contributed by atoms with E-state index in [9.17, 15) is 4.79 Å². The molecule has 156 valence electrons. The minimum absolute atomic E-state index is 0.0632. The number of morpholine rings is 1. The Balaban J connectivity index is 1.81. The van der Waals surface area contributed by atoms with Crippen molar-refractivity contribution in [3.05, 3.63) is 35.4 Å². The van der Waals surface area contributed by atoms with Crippen LogP contribution in [0.15, 0.2) is 29.3 Å². The van der Waals surface area contributed by atoms with E-state index in [2.05, 4.69) is 15.6 Å². The van der Waals surface area contributed by atoms with E-state index in [-0.39, 0.29) is 18.1 Å². The molecular weight excluding hydrogens is 356 g/mol. The van der Waals surface area contributed by atoms with E-state index in [0.29, 0.717) is 25.2 Å². The molecule has 0 aliphatic carbocycles. The van der Waals surface area contributed by atoms with Crippen LogP contribution in [0.5, 0.6) is 0 Å². The molecular formula is C21H34N4O3. The van der Waals surface area contributed by atoms with Crippen molar-refractivity contribution in [2.45, 2.75) is 45.9 Å². The van der Waals surface area contributed by atoms with Gasteiger partial charge in [0.2, 0.25) is 0 Å². The minimum Gasteiger partial charge on any atom is -0.382 e.